The van der Waals surface area contributed by atoms with Gasteiger partial charge in [-0.2, -0.15) is 0 Å². The van der Waals surface area contributed by atoms with E-state index in [1.165, 1.54) is 4.90 Å². The summed E-state index contributed by atoms with van der Waals surface area (Å²) in [6.07, 6.45) is 0.467. The first-order valence-electron chi connectivity index (χ1n) is 5.07. The monoisotopic (exact) mass is 200 g/mol. The van der Waals surface area contributed by atoms with Crippen molar-refractivity contribution in [2.75, 3.05) is 6.54 Å². The Bertz CT molecular complexity index is 223. The van der Waals surface area contributed by atoms with Crippen molar-refractivity contribution < 1.29 is 9.90 Å². The summed E-state index contributed by atoms with van der Waals surface area (Å²) in [5, 5.41) is 8.84. The van der Waals surface area contributed by atoms with Crippen LogP contribution in [0.2, 0.25) is 0 Å². The van der Waals surface area contributed by atoms with Gasteiger partial charge >= 0.3 is 6.09 Å². The second kappa shape index (κ2) is 3.77. The maximum Gasteiger partial charge on any atom is 0.408 e. The maximum atomic E-state index is 10.8. The third kappa shape index (κ3) is 2.38. The number of amides is 1. The molecule has 1 amide bonds. The molecule has 0 aromatic carbocycles. The van der Waals surface area contributed by atoms with Crippen molar-refractivity contribution in [1.82, 2.24) is 4.90 Å². The number of nitrogens with two attached hydrogens (primary N) is 1. The molecule has 1 saturated heterocycles. The molecular formula is C10H20N2O2. The third-order valence-corrected chi connectivity index (χ3v) is 3.12. The average Bonchev–Trinajstić information content (AvgIpc) is 2.01. The normalized spacial score (nSPS) is 29.0. The topological polar surface area (TPSA) is 66.6 Å². The van der Waals surface area contributed by atoms with Crippen molar-refractivity contribution in [3.63, 3.8) is 0 Å². The number of piperidine rings is 1. The summed E-state index contributed by atoms with van der Waals surface area (Å²) in [5.41, 5.74) is 6.04. The fourth-order valence-electron chi connectivity index (χ4n) is 2.02. The van der Waals surface area contributed by atoms with Gasteiger partial charge in [0.15, 0.2) is 0 Å². The fourth-order valence-corrected chi connectivity index (χ4v) is 2.02. The van der Waals surface area contributed by atoms with Crippen molar-refractivity contribution in [2.24, 2.45) is 17.1 Å². The lowest BCUT2D eigenvalue weighted by atomic mass is 9.74. The maximum absolute atomic E-state index is 10.8. The molecule has 0 bridgehead atoms. The zero-order chi connectivity index (χ0) is 10.9. The van der Waals surface area contributed by atoms with Crippen LogP contribution >= 0.6 is 0 Å². The van der Waals surface area contributed by atoms with Gasteiger partial charge in [0.2, 0.25) is 0 Å². The largest absolute Gasteiger partial charge is 0.465 e. The van der Waals surface area contributed by atoms with Crippen molar-refractivity contribution in [1.29, 1.82) is 0 Å². The predicted molar refractivity (Wildman–Crippen MR) is 54.9 cm³/mol. The number of carboxylic acid groups (broad SMARTS) is 1. The van der Waals surface area contributed by atoms with Gasteiger partial charge in [0.05, 0.1) is 6.17 Å². The van der Waals surface area contributed by atoms with Crippen molar-refractivity contribution >= 4 is 6.09 Å². The summed E-state index contributed by atoms with van der Waals surface area (Å²) in [4.78, 5) is 12.1. The van der Waals surface area contributed by atoms with Crippen molar-refractivity contribution in [2.45, 2.75) is 39.8 Å². The standard InChI is InChI=1S/C10H20N2O2/c1-10(2,3)7-4-5-12(9(13)14)8(11)6-7/h7-8H,4-6,11H2,1-3H3,(H,13,14). The molecule has 3 N–H and O–H groups in total. The minimum absolute atomic E-state index is 0.224. The first-order valence-corrected chi connectivity index (χ1v) is 5.07. The Hall–Kier alpha value is -0.770. The highest BCUT2D eigenvalue weighted by molar-refractivity contribution is 5.65. The molecule has 2 unspecified atom stereocenters. The van der Waals surface area contributed by atoms with E-state index >= 15 is 0 Å². The van der Waals surface area contributed by atoms with Gasteiger partial charge < -0.3 is 10.8 Å². The molecule has 2 atom stereocenters. The van der Waals surface area contributed by atoms with Gasteiger partial charge in [-0.15, -0.1) is 0 Å². The van der Waals surface area contributed by atoms with Gasteiger partial charge in [0.25, 0.3) is 0 Å². The molecule has 1 aliphatic heterocycles. The second-order valence-electron chi connectivity index (χ2n) is 5.13. The van der Waals surface area contributed by atoms with E-state index in [2.05, 4.69) is 20.8 Å². The van der Waals surface area contributed by atoms with E-state index in [4.69, 9.17) is 10.8 Å². The Morgan fingerprint density at radius 1 is 1.50 bits per heavy atom. The number of likely N-dealkylation sites (tertiary alicyclic amines) is 1. The molecule has 0 aromatic heterocycles. The quantitative estimate of drug-likeness (QED) is 0.625. The molecule has 0 aromatic rings. The Morgan fingerprint density at radius 2 is 2.07 bits per heavy atom. The van der Waals surface area contributed by atoms with Crippen LogP contribution in [0.25, 0.3) is 0 Å². The number of nitrogens with zero attached hydrogens (tertiary/aromatic N) is 1. The Morgan fingerprint density at radius 3 is 2.43 bits per heavy atom. The first kappa shape index (κ1) is 11.3. The molecule has 1 aliphatic rings. The summed E-state index contributed by atoms with van der Waals surface area (Å²) in [7, 11) is 0. The number of hydrogen-bond acceptors (Lipinski definition) is 2. The lowest BCUT2D eigenvalue weighted by Gasteiger charge is -2.41. The van der Waals surface area contributed by atoms with Crippen LogP contribution in [-0.2, 0) is 0 Å². The van der Waals surface area contributed by atoms with E-state index in [1.54, 1.807) is 0 Å². The summed E-state index contributed by atoms with van der Waals surface area (Å²) in [6, 6.07) is 0. The average molecular weight is 200 g/mol. The highest BCUT2D eigenvalue weighted by Crippen LogP contribution is 2.35. The van der Waals surface area contributed by atoms with Gasteiger partial charge in [-0.25, -0.2) is 4.79 Å². The van der Waals surface area contributed by atoms with Crippen molar-refractivity contribution in [3.8, 4) is 0 Å². The fraction of sp³-hybridized carbons (Fsp3) is 0.900. The summed E-state index contributed by atoms with van der Waals surface area (Å²) < 4.78 is 0. The van der Waals surface area contributed by atoms with Gasteiger partial charge in [-0.1, -0.05) is 20.8 Å². The number of rotatable bonds is 0. The van der Waals surface area contributed by atoms with E-state index in [0.29, 0.717) is 12.5 Å². The Labute approximate surface area is 85.1 Å². The third-order valence-electron chi connectivity index (χ3n) is 3.12. The smallest absolute Gasteiger partial charge is 0.408 e. The van der Waals surface area contributed by atoms with E-state index in [0.717, 1.165) is 12.8 Å². The molecule has 82 valence electrons. The predicted octanol–water partition coefficient (Wildman–Crippen LogP) is 1.71. The van der Waals surface area contributed by atoms with Gasteiger partial charge in [0, 0.05) is 6.54 Å². The molecular weight excluding hydrogens is 180 g/mol. The Balaban J connectivity index is 2.60. The molecule has 0 saturated carbocycles. The molecule has 0 spiro atoms. The molecule has 1 rings (SSSR count). The van der Waals surface area contributed by atoms with Crippen LogP contribution < -0.4 is 5.73 Å². The SMILES string of the molecule is CC(C)(C)C1CCN(C(=O)O)C(N)C1. The lowest BCUT2D eigenvalue weighted by Crippen LogP contribution is -2.52. The zero-order valence-electron chi connectivity index (χ0n) is 9.16. The number of carbonyl (C=O) groups is 1. The molecule has 14 heavy (non-hydrogen) atoms. The van der Waals surface area contributed by atoms with Gasteiger partial charge in [-0.3, -0.25) is 4.90 Å². The van der Waals surface area contributed by atoms with Crippen LogP contribution in [0.5, 0.6) is 0 Å². The zero-order valence-corrected chi connectivity index (χ0v) is 9.16. The lowest BCUT2D eigenvalue weighted by molar-refractivity contribution is 0.0607. The molecule has 0 aliphatic carbocycles. The van der Waals surface area contributed by atoms with Crippen molar-refractivity contribution in [3.05, 3.63) is 0 Å². The highest BCUT2D eigenvalue weighted by atomic mass is 16.4. The molecule has 0 radical (unpaired) electrons. The highest BCUT2D eigenvalue weighted by Gasteiger charge is 2.34. The van der Waals surface area contributed by atoms with E-state index in [1.807, 2.05) is 0 Å². The van der Waals surface area contributed by atoms with Crippen LogP contribution in [0.1, 0.15) is 33.6 Å². The van der Waals surface area contributed by atoms with E-state index < -0.39 is 6.09 Å². The summed E-state index contributed by atoms with van der Waals surface area (Å²) >= 11 is 0. The first-order chi connectivity index (χ1) is 6.32. The Kier molecular flexibility index (Phi) is 3.04. The van der Waals surface area contributed by atoms with Crippen LogP contribution in [0.3, 0.4) is 0 Å². The molecule has 4 nitrogen and oxygen atoms in total. The van der Waals surface area contributed by atoms with Crippen LogP contribution in [-0.4, -0.2) is 28.8 Å². The molecule has 1 heterocycles. The molecule has 1 fully saturated rings. The van der Waals surface area contributed by atoms with E-state index in [-0.39, 0.29) is 11.6 Å². The van der Waals surface area contributed by atoms with E-state index in [9.17, 15) is 4.79 Å². The second-order valence-corrected chi connectivity index (χ2v) is 5.13. The minimum Gasteiger partial charge on any atom is -0.465 e. The molecule has 4 heteroatoms. The minimum atomic E-state index is -0.898. The van der Waals surface area contributed by atoms with Gasteiger partial charge in [-0.05, 0) is 24.2 Å². The summed E-state index contributed by atoms with van der Waals surface area (Å²) in [5.74, 6) is 0.521. The van der Waals surface area contributed by atoms with Crippen LogP contribution in [0.4, 0.5) is 4.79 Å². The van der Waals surface area contributed by atoms with Crippen LogP contribution in [0.15, 0.2) is 0 Å². The van der Waals surface area contributed by atoms with Crippen LogP contribution in [0, 0.1) is 11.3 Å². The summed E-state index contributed by atoms with van der Waals surface area (Å²) in [6.45, 7) is 7.11. The van der Waals surface area contributed by atoms with Gasteiger partial charge in [0.1, 0.15) is 0 Å². The number of hydrogen-bond donors (Lipinski definition) is 2.